The van der Waals surface area contributed by atoms with Crippen molar-refractivity contribution in [3.05, 3.63) is 36.2 Å². The maximum absolute atomic E-state index is 12.5. The standard InChI is InChI=1S/C20H26N6O2/c1-28-17-10-16(23-19(21)24-17)25-9-3-6-20(13-25)7-5-18(27)26(14-20)12-15-4-2-8-22-11-15/h2,4,8,10-11H,3,5-7,9,12-14H2,1H3,(H2,21,23,24)/t20-/m0/s1. The van der Waals surface area contributed by atoms with Gasteiger partial charge in [-0.15, -0.1) is 0 Å². The molecule has 1 amide bonds. The summed E-state index contributed by atoms with van der Waals surface area (Å²) in [4.78, 5) is 29.4. The molecule has 2 aliphatic rings. The second kappa shape index (κ2) is 7.61. The summed E-state index contributed by atoms with van der Waals surface area (Å²) in [5.41, 5.74) is 6.98. The molecule has 2 N–H and O–H groups in total. The quantitative estimate of drug-likeness (QED) is 0.862. The van der Waals surface area contributed by atoms with Crippen molar-refractivity contribution in [3.63, 3.8) is 0 Å². The molecule has 8 nitrogen and oxygen atoms in total. The van der Waals surface area contributed by atoms with Gasteiger partial charge in [-0.2, -0.15) is 9.97 Å². The van der Waals surface area contributed by atoms with Crippen molar-refractivity contribution in [2.75, 3.05) is 37.4 Å². The van der Waals surface area contributed by atoms with E-state index in [1.807, 2.05) is 29.3 Å². The van der Waals surface area contributed by atoms with Gasteiger partial charge in [0.15, 0.2) is 0 Å². The Labute approximate surface area is 164 Å². The van der Waals surface area contributed by atoms with Gasteiger partial charge < -0.3 is 20.3 Å². The number of nitrogen functional groups attached to an aromatic ring is 1. The van der Waals surface area contributed by atoms with Crippen LogP contribution in [0.1, 0.15) is 31.2 Å². The number of methoxy groups -OCH3 is 1. The Balaban J connectivity index is 1.52. The van der Waals surface area contributed by atoms with Crippen LogP contribution in [0.3, 0.4) is 0 Å². The van der Waals surface area contributed by atoms with E-state index < -0.39 is 0 Å². The molecule has 2 saturated heterocycles. The number of amides is 1. The minimum atomic E-state index is 0.0707. The molecular weight excluding hydrogens is 356 g/mol. The van der Waals surface area contributed by atoms with Gasteiger partial charge in [-0.25, -0.2) is 0 Å². The van der Waals surface area contributed by atoms with E-state index in [-0.39, 0.29) is 17.3 Å². The summed E-state index contributed by atoms with van der Waals surface area (Å²) in [6.45, 7) is 3.14. The molecule has 2 aromatic heterocycles. The molecule has 1 atom stereocenters. The highest BCUT2D eigenvalue weighted by Crippen LogP contribution is 2.40. The van der Waals surface area contributed by atoms with E-state index in [1.165, 1.54) is 0 Å². The van der Waals surface area contributed by atoms with Gasteiger partial charge in [-0.3, -0.25) is 9.78 Å². The van der Waals surface area contributed by atoms with Crippen molar-refractivity contribution < 1.29 is 9.53 Å². The summed E-state index contributed by atoms with van der Waals surface area (Å²) >= 11 is 0. The molecule has 4 rings (SSSR count). The van der Waals surface area contributed by atoms with Crippen LogP contribution in [0.25, 0.3) is 0 Å². The third-order valence-electron chi connectivity index (χ3n) is 5.75. The summed E-state index contributed by atoms with van der Waals surface area (Å²) in [5, 5.41) is 0. The number of ether oxygens (including phenoxy) is 1. The summed E-state index contributed by atoms with van der Waals surface area (Å²) < 4.78 is 5.24. The minimum absolute atomic E-state index is 0.0707. The van der Waals surface area contributed by atoms with E-state index in [4.69, 9.17) is 10.5 Å². The van der Waals surface area contributed by atoms with E-state index in [0.29, 0.717) is 18.8 Å². The zero-order valence-corrected chi connectivity index (χ0v) is 16.2. The van der Waals surface area contributed by atoms with E-state index in [1.54, 1.807) is 13.3 Å². The number of piperidine rings is 2. The molecule has 28 heavy (non-hydrogen) atoms. The van der Waals surface area contributed by atoms with E-state index in [2.05, 4.69) is 19.9 Å². The number of hydrogen-bond acceptors (Lipinski definition) is 7. The first-order chi connectivity index (χ1) is 13.6. The highest BCUT2D eigenvalue weighted by molar-refractivity contribution is 5.77. The SMILES string of the molecule is COc1cc(N2CCC[C@]3(CCC(=O)N(Cc4cccnc4)C3)C2)nc(N)n1. The smallest absolute Gasteiger partial charge is 0.225 e. The summed E-state index contributed by atoms with van der Waals surface area (Å²) in [5.74, 6) is 1.70. The van der Waals surface area contributed by atoms with E-state index in [0.717, 1.165) is 50.3 Å². The van der Waals surface area contributed by atoms with Crippen LogP contribution in [0.5, 0.6) is 5.88 Å². The van der Waals surface area contributed by atoms with Gasteiger partial charge >= 0.3 is 0 Å². The number of likely N-dealkylation sites (tertiary alicyclic amines) is 1. The number of aromatic nitrogens is 3. The Morgan fingerprint density at radius 3 is 2.96 bits per heavy atom. The molecule has 2 fully saturated rings. The van der Waals surface area contributed by atoms with Gasteiger partial charge in [-0.05, 0) is 30.9 Å². The van der Waals surface area contributed by atoms with Gasteiger partial charge in [0, 0.05) is 56.5 Å². The van der Waals surface area contributed by atoms with Crippen LogP contribution in [0, 0.1) is 5.41 Å². The first-order valence-electron chi connectivity index (χ1n) is 9.67. The lowest BCUT2D eigenvalue weighted by molar-refractivity contribution is -0.138. The molecule has 0 unspecified atom stereocenters. The third-order valence-corrected chi connectivity index (χ3v) is 5.75. The molecule has 2 aliphatic heterocycles. The summed E-state index contributed by atoms with van der Waals surface area (Å²) in [7, 11) is 1.58. The van der Waals surface area contributed by atoms with Crippen LogP contribution in [0.15, 0.2) is 30.6 Å². The van der Waals surface area contributed by atoms with Crippen LogP contribution in [0.2, 0.25) is 0 Å². The van der Waals surface area contributed by atoms with Crippen LogP contribution in [-0.4, -0.2) is 52.5 Å². The van der Waals surface area contributed by atoms with Crippen molar-refractivity contribution in [2.45, 2.75) is 32.2 Å². The Kier molecular flexibility index (Phi) is 5.02. The van der Waals surface area contributed by atoms with Crippen molar-refractivity contribution >= 4 is 17.7 Å². The average Bonchev–Trinajstić information content (AvgIpc) is 2.71. The molecule has 8 heteroatoms. The fourth-order valence-electron chi connectivity index (χ4n) is 4.39. The zero-order valence-electron chi connectivity index (χ0n) is 16.2. The lowest BCUT2D eigenvalue weighted by Crippen LogP contribution is -2.54. The van der Waals surface area contributed by atoms with Gasteiger partial charge in [0.2, 0.25) is 17.7 Å². The van der Waals surface area contributed by atoms with Gasteiger partial charge in [0.25, 0.3) is 0 Å². The highest BCUT2D eigenvalue weighted by atomic mass is 16.5. The highest BCUT2D eigenvalue weighted by Gasteiger charge is 2.42. The fraction of sp³-hybridized carbons (Fsp3) is 0.500. The number of nitrogens with two attached hydrogens (primary N) is 1. The molecule has 2 aromatic rings. The molecule has 0 saturated carbocycles. The molecular formula is C20H26N6O2. The van der Waals surface area contributed by atoms with Gasteiger partial charge in [0.1, 0.15) is 5.82 Å². The summed E-state index contributed by atoms with van der Waals surface area (Å²) in [6.07, 6.45) is 7.24. The molecule has 0 aromatic carbocycles. The largest absolute Gasteiger partial charge is 0.481 e. The first-order valence-corrected chi connectivity index (χ1v) is 9.67. The van der Waals surface area contributed by atoms with Gasteiger partial charge in [0.05, 0.1) is 7.11 Å². The average molecular weight is 382 g/mol. The Morgan fingerprint density at radius 1 is 1.29 bits per heavy atom. The fourth-order valence-corrected chi connectivity index (χ4v) is 4.39. The minimum Gasteiger partial charge on any atom is -0.481 e. The molecule has 0 radical (unpaired) electrons. The lowest BCUT2D eigenvalue weighted by atomic mass is 9.73. The van der Waals surface area contributed by atoms with E-state index in [9.17, 15) is 4.79 Å². The second-order valence-electron chi connectivity index (χ2n) is 7.76. The van der Waals surface area contributed by atoms with Crippen molar-refractivity contribution in [2.24, 2.45) is 5.41 Å². The number of hydrogen-bond donors (Lipinski definition) is 1. The predicted molar refractivity (Wildman–Crippen MR) is 106 cm³/mol. The predicted octanol–water partition coefficient (Wildman–Crippen LogP) is 1.87. The monoisotopic (exact) mass is 382 g/mol. The van der Waals surface area contributed by atoms with Crippen LogP contribution in [-0.2, 0) is 11.3 Å². The Hall–Kier alpha value is -2.90. The maximum Gasteiger partial charge on any atom is 0.225 e. The third kappa shape index (κ3) is 3.85. The lowest BCUT2D eigenvalue weighted by Gasteiger charge is -2.48. The van der Waals surface area contributed by atoms with Crippen molar-refractivity contribution in [1.82, 2.24) is 19.9 Å². The molecule has 0 aliphatic carbocycles. The summed E-state index contributed by atoms with van der Waals surface area (Å²) in [6, 6.07) is 5.76. The Bertz CT molecular complexity index is 846. The number of pyridine rings is 1. The van der Waals surface area contributed by atoms with Crippen LogP contribution < -0.4 is 15.4 Å². The number of nitrogens with zero attached hydrogens (tertiary/aromatic N) is 5. The van der Waals surface area contributed by atoms with Gasteiger partial charge in [-0.1, -0.05) is 6.07 Å². The number of rotatable bonds is 4. The second-order valence-corrected chi connectivity index (χ2v) is 7.76. The Morgan fingerprint density at radius 2 is 2.18 bits per heavy atom. The van der Waals surface area contributed by atoms with Crippen LogP contribution in [0.4, 0.5) is 11.8 Å². The van der Waals surface area contributed by atoms with E-state index >= 15 is 0 Å². The van der Waals surface area contributed by atoms with Crippen LogP contribution >= 0.6 is 0 Å². The van der Waals surface area contributed by atoms with Crippen molar-refractivity contribution in [1.29, 1.82) is 0 Å². The molecule has 4 heterocycles. The molecule has 148 valence electrons. The number of anilines is 2. The first kappa shape index (κ1) is 18.5. The van der Waals surface area contributed by atoms with Crippen molar-refractivity contribution in [3.8, 4) is 5.88 Å². The molecule has 0 bridgehead atoms. The number of carbonyl (C=O) groups is 1. The maximum atomic E-state index is 12.5. The molecule has 1 spiro atoms. The topological polar surface area (TPSA) is 97.5 Å². The zero-order chi connectivity index (χ0) is 19.6. The normalized spacial score (nSPS) is 22.5. The number of carbonyl (C=O) groups excluding carboxylic acids is 1.